The average molecular weight is 425 g/mol. The fourth-order valence-corrected chi connectivity index (χ4v) is 2.93. The molecule has 4 nitrogen and oxygen atoms in total. The van der Waals surface area contributed by atoms with Gasteiger partial charge in [-0.25, -0.2) is 0 Å². The molecule has 3 N–H and O–H groups in total. The molecule has 0 spiro atoms. The van der Waals surface area contributed by atoms with Crippen molar-refractivity contribution >= 4 is 0 Å². The Labute approximate surface area is 186 Å². The van der Waals surface area contributed by atoms with Crippen LogP contribution >= 0.6 is 0 Å². The van der Waals surface area contributed by atoms with Gasteiger partial charge in [-0.05, 0) is 71.6 Å². The molecule has 0 fully saturated rings. The zero-order chi connectivity index (χ0) is 23.1. The Balaban J connectivity index is 0. The Morgan fingerprint density at radius 2 is 1.00 bits per heavy atom. The van der Waals surface area contributed by atoms with E-state index in [0.717, 1.165) is 26.1 Å². The molecular formula is C26H48O4. The normalized spacial score (nSPS) is 14.7. The quantitative estimate of drug-likeness (QED) is 0.227. The van der Waals surface area contributed by atoms with Crippen molar-refractivity contribution in [2.45, 2.75) is 66.7 Å². The van der Waals surface area contributed by atoms with Crippen LogP contribution < -0.4 is 0 Å². The number of hydrogen-bond acceptors (Lipinski definition) is 4. The van der Waals surface area contributed by atoms with Crippen molar-refractivity contribution in [1.82, 2.24) is 0 Å². The highest BCUT2D eigenvalue weighted by Crippen LogP contribution is 2.18. The van der Waals surface area contributed by atoms with E-state index in [0.29, 0.717) is 18.3 Å². The number of aliphatic hydroxyl groups is 3. The summed E-state index contributed by atoms with van der Waals surface area (Å²) in [5.41, 5.74) is -0.667. The monoisotopic (exact) mass is 424 g/mol. The Morgan fingerprint density at radius 3 is 1.20 bits per heavy atom. The summed E-state index contributed by atoms with van der Waals surface area (Å²) >= 11 is 0. The van der Waals surface area contributed by atoms with Gasteiger partial charge in [-0.15, -0.1) is 0 Å². The highest BCUT2D eigenvalue weighted by atomic mass is 16.5. The van der Waals surface area contributed by atoms with E-state index in [4.69, 9.17) is 20.1 Å². The van der Waals surface area contributed by atoms with Crippen LogP contribution in [0.2, 0.25) is 0 Å². The fourth-order valence-electron chi connectivity index (χ4n) is 2.93. The number of rotatable bonds is 16. The maximum absolute atomic E-state index is 8.66. The summed E-state index contributed by atoms with van der Waals surface area (Å²) in [6, 6.07) is 0. The number of ether oxygens (including phenoxy) is 1. The number of hydrogen-bond donors (Lipinski definition) is 3. The van der Waals surface area contributed by atoms with E-state index in [-0.39, 0.29) is 19.8 Å². The van der Waals surface area contributed by atoms with Gasteiger partial charge in [0.15, 0.2) is 0 Å². The Bertz CT molecular complexity index is 388. The third kappa shape index (κ3) is 16.6. The fraction of sp³-hybridized carbons (Fsp3) is 0.692. The van der Waals surface area contributed by atoms with E-state index >= 15 is 0 Å². The van der Waals surface area contributed by atoms with Crippen molar-refractivity contribution in [2.75, 3.05) is 33.0 Å². The lowest BCUT2D eigenvalue weighted by molar-refractivity contribution is 0.00304. The van der Waals surface area contributed by atoms with Gasteiger partial charge >= 0.3 is 0 Å². The molecule has 0 saturated carbocycles. The Hall–Kier alpha value is -1.20. The Morgan fingerprint density at radius 1 is 0.667 bits per heavy atom. The van der Waals surface area contributed by atoms with Crippen LogP contribution in [-0.2, 0) is 4.74 Å². The molecule has 0 aliphatic heterocycles. The van der Waals surface area contributed by atoms with Gasteiger partial charge < -0.3 is 20.1 Å². The van der Waals surface area contributed by atoms with E-state index in [1.165, 1.54) is 12.8 Å². The van der Waals surface area contributed by atoms with E-state index in [9.17, 15) is 0 Å². The summed E-state index contributed by atoms with van der Waals surface area (Å²) in [4.78, 5) is 0. The summed E-state index contributed by atoms with van der Waals surface area (Å²) in [6.45, 7) is 11.4. The minimum atomic E-state index is -0.667. The van der Waals surface area contributed by atoms with Crippen molar-refractivity contribution in [1.29, 1.82) is 0 Å². The van der Waals surface area contributed by atoms with E-state index in [2.05, 4.69) is 76.3 Å². The van der Waals surface area contributed by atoms with Crippen LogP contribution in [0.4, 0.5) is 0 Å². The summed E-state index contributed by atoms with van der Waals surface area (Å²) < 4.78 is 5.75. The lowest BCUT2D eigenvalue weighted by atomic mass is 9.88. The molecule has 0 unspecified atom stereocenters. The molecule has 0 atom stereocenters. The molecule has 0 amide bonds. The summed E-state index contributed by atoms with van der Waals surface area (Å²) in [5, 5.41) is 26.0. The zero-order valence-corrected chi connectivity index (χ0v) is 20.1. The summed E-state index contributed by atoms with van der Waals surface area (Å²) in [7, 11) is 0. The molecule has 0 aromatic heterocycles. The van der Waals surface area contributed by atoms with Gasteiger partial charge in [-0.3, -0.25) is 0 Å². The molecule has 0 radical (unpaired) electrons. The predicted octanol–water partition coefficient (Wildman–Crippen LogP) is 5.46. The molecule has 0 aromatic rings. The lowest BCUT2D eigenvalue weighted by Gasteiger charge is -2.24. The highest BCUT2D eigenvalue weighted by Gasteiger charge is 2.24. The molecule has 0 aromatic carbocycles. The van der Waals surface area contributed by atoms with E-state index in [1.807, 2.05) is 6.92 Å². The van der Waals surface area contributed by atoms with E-state index in [1.54, 1.807) is 0 Å². The van der Waals surface area contributed by atoms with Crippen LogP contribution in [0, 0.1) is 17.3 Å². The van der Waals surface area contributed by atoms with Crippen molar-refractivity contribution in [3.8, 4) is 0 Å². The predicted molar refractivity (Wildman–Crippen MR) is 130 cm³/mol. The second kappa shape index (κ2) is 22.5. The molecule has 0 saturated heterocycles. The molecule has 4 heteroatoms. The first kappa shape index (κ1) is 31.0. The van der Waals surface area contributed by atoms with Gasteiger partial charge in [0.05, 0.1) is 19.8 Å². The first-order chi connectivity index (χ1) is 14.5. The topological polar surface area (TPSA) is 69.9 Å². The maximum Gasteiger partial charge on any atom is 0.0531 e. The van der Waals surface area contributed by atoms with Crippen molar-refractivity contribution in [2.24, 2.45) is 17.3 Å². The SMILES string of the molecule is CC=CC(C=CC)CCCOCCCC(C=CC)C=CC.CCC(CO)(CO)CO. The van der Waals surface area contributed by atoms with Gasteiger partial charge in [0.25, 0.3) is 0 Å². The van der Waals surface area contributed by atoms with Gasteiger partial charge in [-0.2, -0.15) is 0 Å². The molecular weight excluding hydrogens is 376 g/mol. The van der Waals surface area contributed by atoms with Crippen LogP contribution in [0.5, 0.6) is 0 Å². The minimum absolute atomic E-state index is 0.156. The third-order valence-electron chi connectivity index (χ3n) is 5.17. The van der Waals surface area contributed by atoms with Gasteiger partial charge in [0, 0.05) is 18.6 Å². The molecule has 176 valence electrons. The standard InChI is InChI=1S/C20H34O.C6H14O3/c1-5-11-19(12-6-2)15-9-17-21-18-10-16-20(13-7-3)14-8-4;1-2-6(3-7,4-8)5-9/h5-8,11-14,19-20H,9-10,15-18H2,1-4H3;7-9H,2-5H2,1H3. The zero-order valence-electron chi connectivity index (χ0n) is 20.1. The van der Waals surface area contributed by atoms with Crippen molar-refractivity contribution in [3.05, 3.63) is 48.6 Å². The smallest absolute Gasteiger partial charge is 0.0531 e. The van der Waals surface area contributed by atoms with Gasteiger partial charge in [-0.1, -0.05) is 55.5 Å². The highest BCUT2D eigenvalue weighted by molar-refractivity contribution is 4.99. The number of aliphatic hydroxyl groups excluding tert-OH is 3. The van der Waals surface area contributed by atoms with Crippen LogP contribution in [0.15, 0.2) is 48.6 Å². The number of allylic oxidation sites excluding steroid dienone is 8. The summed E-state index contributed by atoms with van der Waals surface area (Å²) in [6.07, 6.45) is 22.8. The van der Waals surface area contributed by atoms with E-state index < -0.39 is 5.41 Å². The third-order valence-corrected chi connectivity index (χ3v) is 5.17. The van der Waals surface area contributed by atoms with Crippen LogP contribution in [0.1, 0.15) is 66.7 Å². The lowest BCUT2D eigenvalue weighted by Crippen LogP contribution is -2.32. The largest absolute Gasteiger partial charge is 0.396 e. The van der Waals surface area contributed by atoms with Gasteiger partial charge in [0.2, 0.25) is 0 Å². The first-order valence-electron chi connectivity index (χ1n) is 11.4. The summed E-state index contributed by atoms with van der Waals surface area (Å²) in [5.74, 6) is 1.13. The molecule has 0 aliphatic carbocycles. The van der Waals surface area contributed by atoms with Crippen molar-refractivity contribution < 1.29 is 20.1 Å². The van der Waals surface area contributed by atoms with Crippen LogP contribution in [0.25, 0.3) is 0 Å². The Kier molecular flexibility index (Phi) is 23.2. The second-order valence-electron chi connectivity index (χ2n) is 7.66. The molecule has 0 heterocycles. The van der Waals surface area contributed by atoms with Crippen molar-refractivity contribution in [3.63, 3.8) is 0 Å². The first-order valence-corrected chi connectivity index (χ1v) is 11.4. The molecule has 0 aliphatic rings. The van der Waals surface area contributed by atoms with Crippen LogP contribution in [0.3, 0.4) is 0 Å². The van der Waals surface area contributed by atoms with Gasteiger partial charge in [0.1, 0.15) is 0 Å². The molecule has 30 heavy (non-hydrogen) atoms. The minimum Gasteiger partial charge on any atom is -0.396 e. The second-order valence-corrected chi connectivity index (χ2v) is 7.66. The maximum atomic E-state index is 8.66. The van der Waals surface area contributed by atoms with Crippen LogP contribution in [-0.4, -0.2) is 48.4 Å². The molecule has 0 bridgehead atoms. The average Bonchev–Trinajstić information content (AvgIpc) is 2.76. The molecule has 0 rings (SSSR count).